The van der Waals surface area contributed by atoms with Gasteiger partial charge in [-0.25, -0.2) is 4.99 Å². The summed E-state index contributed by atoms with van der Waals surface area (Å²) in [6, 6.07) is 10.7. The fourth-order valence-electron chi connectivity index (χ4n) is 2.81. The third kappa shape index (κ3) is 6.33. The second-order valence-corrected chi connectivity index (χ2v) is 7.49. The number of non-ortho nitro benzene ring substituents is 1. The lowest BCUT2D eigenvalue weighted by atomic mass is 10.1. The van der Waals surface area contributed by atoms with Gasteiger partial charge < -0.3 is 15.4 Å². The minimum Gasteiger partial charge on any atom is -0.381 e. The van der Waals surface area contributed by atoms with Crippen LogP contribution in [0.2, 0.25) is 0 Å². The number of benzene rings is 1. The number of nitro groups is 1. The topological polar surface area (TPSA) is 88.8 Å². The quantitative estimate of drug-likeness (QED) is 0.314. The lowest BCUT2D eigenvalue weighted by Crippen LogP contribution is -2.40. The van der Waals surface area contributed by atoms with E-state index in [1.165, 1.54) is 17.0 Å². The Hall–Kier alpha value is -2.45. The summed E-state index contributed by atoms with van der Waals surface area (Å²) in [5, 5.41) is 19.6. The molecule has 1 aromatic heterocycles. The van der Waals surface area contributed by atoms with Gasteiger partial charge in [-0.3, -0.25) is 10.1 Å². The number of guanidine groups is 1. The van der Waals surface area contributed by atoms with Crippen molar-refractivity contribution in [2.45, 2.75) is 19.4 Å². The first-order valence-corrected chi connectivity index (χ1v) is 9.94. The highest BCUT2D eigenvalue weighted by molar-refractivity contribution is 7.09. The van der Waals surface area contributed by atoms with Gasteiger partial charge >= 0.3 is 0 Å². The molecule has 1 unspecified atom stereocenters. The van der Waals surface area contributed by atoms with E-state index in [0.29, 0.717) is 12.5 Å². The molecule has 2 N–H and O–H groups in total. The van der Waals surface area contributed by atoms with Crippen LogP contribution in [0, 0.1) is 16.0 Å². The smallest absolute Gasteiger partial charge is 0.269 e. The zero-order valence-corrected chi connectivity index (χ0v) is 15.9. The molecule has 8 heteroatoms. The normalized spacial score (nSPS) is 17.0. The molecule has 0 saturated carbocycles. The molecule has 3 rings (SSSR count). The van der Waals surface area contributed by atoms with Gasteiger partial charge in [-0.1, -0.05) is 18.2 Å². The predicted molar refractivity (Wildman–Crippen MR) is 107 cm³/mol. The van der Waals surface area contributed by atoms with E-state index in [2.05, 4.69) is 33.1 Å². The van der Waals surface area contributed by atoms with Crippen LogP contribution in [0.1, 0.15) is 16.9 Å². The average Bonchev–Trinajstić information content (AvgIpc) is 3.37. The summed E-state index contributed by atoms with van der Waals surface area (Å²) in [6.45, 7) is 3.71. The largest absolute Gasteiger partial charge is 0.381 e. The Kier molecular flexibility index (Phi) is 7.18. The van der Waals surface area contributed by atoms with Crippen molar-refractivity contribution in [3.63, 3.8) is 0 Å². The van der Waals surface area contributed by atoms with Crippen LogP contribution in [0.3, 0.4) is 0 Å². The second kappa shape index (κ2) is 10.0. The highest BCUT2D eigenvalue weighted by atomic mass is 32.1. The molecule has 0 aliphatic carbocycles. The van der Waals surface area contributed by atoms with Crippen LogP contribution in [0.25, 0.3) is 0 Å². The molecule has 1 fully saturated rings. The maximum atomic E-state index is 10.8. The molecule has 1 aliphatic rings. The summed E-state index contributed by atoms with van der Waals surface area (Å²) in [5.74, 6) is 1.27. The summed E-state index contributed by atoms with van der Waals surface area (Å²) in [5.41, 5.74) is 1.03. The molecule has 0 bridgehead atoms. The molecule has 0 radical (unpaired) electrons. The number of nitrogens with zero attached hydrogens (tertiary/aromatic N) is 2. The van der Waals surface area contributed by atoms with E-state index in [1.54, 1.807) is 23.5 Å². The lowest BCUT2D eigenvalue weighted by Gasteiger charge is -2.15. The fourth-order valence-corrected chi connectivity index (χ4v) is 3.52. The molecule has 7 nitrogen and oxygen atoms in total. The summed E-state index contributed by atoms with van der Waals surface area (Å²) >= 11 is 1.75. The Labute approximate surface area is 162 Å². The van der Waals surface area contributed by atoms with Gasteiger partial charge in [0.2, 0.25) is 0 Å². The number of hydrogen-bond acceptors (Lipinski definition) is 5. The fraction of sp³-hybridized carbons (Fsp3) is 0.421. The molecule has 1 aliphatic heterocycles. The van der Waals surface area contributed by atoms with E-state index in [1.807, 2.05) is 0 Å². The third-order valence-corrected chi connectivity index (χ3v) is 5.33. The summed E-state index contributed by atoms with van der Waals surface area (Å²) in [7, 11) is 0. The second-order valence-electron chi connectivity index (χ2n) is 6.46. The lowest BCUT2D eigenvalue weighted by molar-refractivity contribution is -0.384. The van der Waals surface area contributed by atoms with Crippen molar-refractivity contribution >= 4 is 23.0 Å². The minimum absolute atomic E-state index is 0.0939. The highest BCUT2D eigenvalue weighted by Gasteiger charge is 2.15. The number of rotatable bonds is 8. The standard InChI is InChI=1S/C19H24N4O3S/c24-23(25)17-5-3-15(4-6-17)12-21-19(22-13-16-8-10-26-14-16)20-9-7-18-2-1-11-27-18/h1-6,11,16H,7-10,12-14H2,(H2,20,21,22). The van der Waals surface area contributed by atoms with E-state index in [0.717, 1.165) is 50.7 Å². The van der Waals surface area contributed by atoms with Crippen LogP contribution in [0.5, 0.6) is 0 Å². The first kappa shape index (κ1) is 19.3. The summed E-state index contributed by atoms with van der Waals surface area (Å²) in [6.07, 6.45) is 2.01. The van der Waals surface area contributed by atoms with Gasteiger partial charge in [-0.2, -0.15) is 0 Å². The van der Waals surface area contributed by atoms with Crippen molar-refractivity contribution in [2.24, 2.45) is 10.9 Å². The van der Waals surface area contributed by atoms with E-state index in [4.69, 9.17) is 4.74 Å². The van der Waals surface area contributed by atoms with E-state index in [9.17, 15) is 10.1 Å². The van der Waals surface area contributed by atoms with Crippen LogP contribution in [-0.2, 0) is 17.7 Å². The van der Waals surface area contributed by atoms with Gasteiger partial charge in [0.1, 0.15) is 0 Å². The predicted octanol–water partition coefficient (Wildman–Crippen LogP) is 2.97. The Morgan fingerprint density at radius 2 is 2.15 bits per heavy atom. The zero-order chi connectivity index (χ0) is 18.9. The highest BCUT2D eigenvalue weighted by Crippen LogP contribution is 2.13. The SMILES string of the molecule is O=[N+]([O-])c1ccc(CN=C(NCCc2cccs2)NCC2CCOC2)cc1. The van der Waals surface area contributed by atoms with Crippen LogP contribution < -0.4 is 10.6 Å². The zero-order valence-electron chi connectivity index (χ0n) is 15.1. The number of aliphatic imine (C=N–C) groups is 1. The molecule has 0 amide bonds. The molecule has 2 aromatic rings. The Balaban J connectivity index is 1.55. The minimum atomic E-state index is -0.393. The van der Waals surface area contributed by atoms with Gasteiger partial charge in [-0.15, -0.1) is 11.3 Å². The summed E-state index contributed by atoms with van der Waals surface area (Å²) in [4.78, 5) is 16.3. The van der Waals surface area contributed by atoms with Crippen LogP contribution in [0.15, 0.2) is 46.8 Å². The molecular weight excluding hydrogens is 364 g/mol. The van der Waals surface area contributed by atoms with Gasteiger partial charge in [0.25, 0.3) is 5.69 Å². The molecule has 1 atom stereocenters. The molecule has 1 saturated heterocycles. The van der Waals surface area contributed by atoms with E-state index < -0.39 is 4.92 Å². The Morgan fingerprint density at radius 1 is 1.30 bits per heavy atom. The van der Waals surface area contributed by atoms with Crippen LogP contribution in [-0.4, -0.2) is 37.2 Å². The first-order valence-electron chi connectivity index (χ1n) is 9.06. The first-order chi connectivity index (χ1) is 13.2. The number of ether oxygens (including phenoxy) is 1. The van der Waals surface area contributed by atoms with Gasteiger partial charge in [0.15, 0.2) is 5.96 Å². The van der Waals surface area contributed by atoms with Crippen LogP contribution in [0.4, 0.5) is 5.69 Å². The van der Waals surface area contributed by atoms with E-state index >= 15 is 0 Å². The number of thiophene rings is 1. The third-order valence-electron chi connectivity index (χ3n) is 4.39. The molecule has 1 aromatic carbocycles. The number of nitro benzene ring substituents is 1. The van der Waals surface area contributed by atoms with E-state index in [-0.39, 0.29) is 5.69 Å². The maximum Gasteiger partial charge on any atom is 0.269 e. The number of hydrogen-bond donors (Lipinski definition) is 2. The molecule has 27 heavy (non-hydrogen) atoms. The molecular formula is C19H24N4O3S. The number of nitrogens with one attached hydrogen (secondary N) is 2. The Bertz CT molecular complexity index is 741. The van der Waals surface area contributed by atoms with Gasteiger partial charge in [0, 0.05) is 42.6 Å². The molecule has 144 valence electrons. The molecule has 0 spiro atoms. The average molecular weight is 388 g/mol. The maximum absolute atomic E-state index is 10.8. The van der Waals surface area contributed by atoms with Crippen molar-refractivity contribution < 1.29 is 9.66 Å². The van der Waals surface area contributed by atoms with Crippen molar-refractivity contribution in [3.8, 4) is 0 Å². The van der Waals surface area contributed by atoms with Crippen molar-refractivity contribution in [3.05, 3.63) is 62.3 Å². The monoisotopic (exact) mass is 388 g/mol. The molecule has 2 heterocycles. The van der Waals surface area contributed by atoms with Crippen molar-refractivity contribution in [2.75, 3.05) is 26.3 Å². The van der Waals surface area contributed by atoms with Crippen molar-refractivity contribution in [1.29, 1.82) is 0 Å². The van der Waals surface area contributed by atoms with Crippen LogP contribution >= 0.6 is 11.3 Å². The van der Waals surface area contributed by atoms with Gasteiger partial charge in [-0.05, 0) is 29.9 Å². The van der Waals surface area contributed by atoms with Crippen molar-refractivity contribution in [1.82, 2.24) is 10.6 Å². The van der Waals surface area contributed by atoms with Gasteiger partial charge in [0.05, 0.1) is 18.1 Å². The Morgan fingerprint density at radius 3 is 2.81 bits per heavy atom. The summed E-state index contributed by atoms with van der Waals surface area (Å²) < 4.78 is 5.43.